The van der Waals surface area contributed by atoms with Gasteiger partial charge in [-0.05, 0) is 30.3 Å². The lowest BCUT2D eigenvalue weighted by Crippen LogP contribution is -2.26. The number of carbonyl (C=O) groups is 2. The van der Waals surface area contributed by atoms with E-state index < -0.39 is 0 Å². The van der Waals surface area contributed by atoms with Crippen LogP contribution in [-0.2, 0) is 0 Å². The molecule has 0 aliphatic rings. The van der Waals surface area contributed by atoms with Gasteiger partial charge in [0.25, 0.3) is 11.8 Å². The highest BCUT2D eigenvalue weighted by atomic mass is 16.5. The number of pyridine rings is 1. The summed E-state index contributed by atoms with van der Waals surface area (Å²) in [5.41, 5.74) is 1.91. The van der Waals surface area contributed by atoms with Crippen LogP contribution in [0.2, 0.25) is 0 Å². The van der Waals surface area contributed by atoms with Gasteiger partial charge in [0.2, 0.25) is 0 Å². The van der Waals surface area contributed by atoms with E-state index in [-0.39, 0.29) is 17.4 Å². The smallest absolute Gasteiger partial charge is 0.259 e. The first-order chi connectivity index (χ1) is 13.1. The number of aromatic nitrogens is 1. The third-order valence-corrected chi connectivity index (χ3v) is 4.05. The third-order valence-electron chi connectivity index (χ3n) is 4.05. The molecule has 27 heavy (non-hydrogen) atoms. The van der Waals surface area contributed by atoms with E-state index in [4.69, 9.17) is 4.74 Å². The van der Waals surface area contributed by atoms with Crippen LogP contribution in [0.15, 0.2) is 73.1 Å². The highest BCUT2D eigenvalue weighted by Crippen LogP contribution is 2.24. The van der Waals surface area contributed by atoms with Crippen LogP contribution in [0.1, 0.15) is 20.7 Å². The summed E-state index contributed by atoms with van der Waals surface area (Å²) >= 11 is 0. The van der Waals surface area contributed by atoms with Gasteiger partial charge in [-0.3, -0.25) is 14.6 Å². The average molecular weight is 361 g/mol. The van der Waals surface area contributed by atoms with Crippen molar-refractivity contribution in [2.45, 2.75) is 0 Å². The summed E-state index contributed by atoms with van der Waals surface area (Å²) in [5, 5.41) is 2.78. The molecule has 1 aromatic heterocycles. The van der Waals surface area contributed by atoms with Gasteiger partial charge in [0.15, 0.2) is 0 Å². The number of para-hydroxylation sites is 3. The van der Waals surface area contributed by atoms with Gasteiger partial charge in [-0.15, -0.1) is 0 Å². The molecule has 3 rings (SSSR count). The van der Waals surface area contributed by atoms with Crippen molar-refractivity contribution in [2.75, 3.05) is 24.4 Å². The molecule has 0 saturated heterocycles. The Hall–Kier alpha value is -3.67. The Labute approximate surface area is 157 Å². The molecule has 0 fully saturated rings. The largest absolute Gasteiger partial charge is 0.495 e. The summed E-state index contributed by atoms with van der Waals surface area (Å²) in [5.74, 6) is -0.0699. The SMILES string of the molecule is COc1ccccc1NC(=O)c1cncc(C(=O)N(C)c2ccccc2)c1. The number of rotatable bonds is 5. The molecular weight excluding hydrogens is 342 g/mol. The second-order valence-electron chi connectivity index (χ2n) is 5.82. The van der Waals surface area contributed by atoms with E-state index >= 15 is 0 Å². The number of nitrogens with zero attached hydrogens (tertiary/aromatic N) is 2. The minimum Gasteiger partial charge on any atom is -0.495 e. The zero-order valence-corrected chi connectivity index (χ0v) is 15.0. The zero-order valence-electron chi connectivity index (χ0n) is 15.0. The van der Waals surface area contributed by atoms with Crippen LogP contribution in [0.5, 0.6) is 5.75 Å². The molecule has 0 unspecified atom stereocenters. The minimum atomic E-state index is -0.371. The maximum atomic E-state index is 12.7. The molecule has 2 aromatic carbocycles. The van der Waals surface area contributed by atoms with Gasteiger partial charge in [-0.25, -0.2) is 0 Å². The van der Waals surface area contributed by atoms with Gasteiger partial charge in [0.1, 0.15) is 5.75 Å². The number of carbonyl (C=O) groups excluding carboxylic acids is 2. The number of amides is 2. The first-order valence-electron chi connectivity index (χ1n) is 8.32. The van der Waals surface area contributed by atoms with E-state index in [0.717, 1.165) is 5.69 Å². The van der Waals surface area contributed by atoms with Crippen LogP contribution in [0.3, 0.4) is 0 Å². The van der Waals surface area contributed by atoms with Gasteiger partial charge >= 0.3 is 0 Å². The van der Waals surface area contributed by atoms with E-state index in [9.17, 15) is 9.59 Å². The molecule has 136 valence electrons. The number of benzene rings is 2. The van der Waals surface area contributed by atoms with Crippen LogP contribution in [0, 0.1) is 0 Å². The Kier molecular flexibility index (Phi) is 5.47. The molecule has 1 heterocycles. The topological polar surface area (TPSA) is 71.5 Å². The highest BCUT2D eigenvalue weighted by molar-refractivity contribution is 6.09. The van der Waals surface area contributed by atoms with Crippen molar-refractivity contribution in [3.8, 4) is 5.75 Å². The van der Waals surface area contributed by atoms with Gasteiger partial charge in [0, 0.05) is 25.1 Å². The predicted molar refractivity (Wildman–Crippen MR) is 104 cm³/mol. The lowest BCUT2D eigenvalue weighted by Gasteiger charge is -2.17. The van der Waals surface area contributed by atoms with Crippen LogP contribution in [-0.4, -0.2) is 31.0 Å². The Balaban J connectivity index is 1.80. The van der Waals surface area contributed by atoms with Crippen molar-refractivity contribution in [1.29, 1.82) is 0 Å². The fourth-order valence-electron chi connectivity index (χ4n) is 2.59. The number of ether oxygens (including phenoxy) is 1. The Morgan fingerprint density at radius 3 is 2.37 bits per heavy atom. The highest BCUT2D eigenvalue weighted by Gasteiger charge is 2.17. The Bertz CT molecular complexity index is 958. The average Bonchev–Trinajstić information content (AvgIpc) is 2.73. The summed E-state index contributed by atoms with van der Waals surface area (Å²) in [7, 11) is 3.21. The second kappa shape index (κ2) is 8.14. The minimum absolute atomic E-state index is 0.249. The first kappa shape index (κ1) is 18.1. The standard InChI is InChI=1S/C21H19N3O3/c1-24(17-8-4-3-5-9-17)21(26)16-12-15(13-22-14-16)20(25)23-18-10-6-7-11-19(18)27-2/h3-14H,1-2H3,(H,23,25). The maximum absolute atomic E-state index is 12.7. The lowest BCUT2D eigenvalue weighted by atomic mass is 10.1. The van der Waals surface area contributed by atoms with Crippen molar-refractivity contribution < 1.29 is 14.3 Å². The van der Waals surface area contributed by atoms with Crippen LogP contribution in [0.4, 0.5) is 11.4 Å². The molecule has 0 spiro atoms. The number of hydrogen-bond donors (Lipinski definition) is 1. The normalized spacial score (nSPS) is 10.1. The molecule has 1 N–H and O–H groups in total. The molecule has 6 heteroatoms. The molecule has 3 aromatic rings. The van der Waals surface area contributed by atoms with E-state index in [1.165, 1.54) is 30.5 Å². The molecule has 0 aliphatic carbocycles. The van der Waals surface area contributed by atoms with E-state index in [2.05, 4.69) is 10.3 Å². The van der Waals surface area contributed by atoms with Crippen LogP contribution < -0.4 is 15.0 Å². The summed E-state index contributed by atoms with van der Waals surface area (Å²) < 4.78 is 5.23. The van der Waals surface area contributed by atoms with Crippen LogP contribution in [0.25, 0.3) is 0 Å². The monoisotopic (exact) mass is 361 g/mol. The zero-order chi connectivity index (χ0) is 19.2. The third kappa shape index (κ3) is 4.12. The van der Waals surface area contributed by atoms with Crippen LogP contribution >= 0.6 is 0 Å². The molecule has 0 aliphatic heterocycles. The van der Waals surface area contributed by atoms with Crippen molar-refractivity contribution in [3.05, 3.63) is 84.2 Å². The van der Waals surface area contributed by atoms with Gasteiger partial charge in [0.05, 0.1) is 23.9 Å². The number of hydrogen-bond acceptors (Lipinski definition) is 4. The molecular formula is C21H19N3O3. The van der Waals surface area contributed by atoms with Crippen molar-refractivity contribution >= 4 is 23.2 Å². The number of methoxy groups -OCH3 is 1. The summed E-state index contributed by atoms with van der Waals surface area (Å²) in [6.07, 6.45) is 2.87. The van der Waals surface area contributed by atoms with Gasteiger partial charge in [-0.1, -0.05) is 30.3 Å². The quantitative estimate of drug-likeness (QED) is 0.753. The molecule has 0 atom stereocenters. The molecule has 0 saturated carbocycles. The van der Waals surface area contributed by atoms with Crippen molar-refractivity contribution in [1.82, 2.24) is 4.98 Å². The van der Waals surface area contributed by atoms with E-state index in [1.807, 2.05) is 36.4 Å². The molecule has 6 nitrogen and oxygen atoms in total. The first-order valence-corrected chi connectivity index (χ1v) is 8.32. The summed E-state index contributed by atoms with van der Waals surface area (Å²) in [4.78, 5) is 30.8. The summed E-state index contributed by atoms with van der Waals surface area (Å²) in [6.45, 7) is 0. The number of anilines is 2. The predicted octanol–water partition coefficient (Wildman–Crippen LogP) is 3.62. The molecule has 0 radical (unpaired) electrons. The Morgan fingerprint density at radius 2 is 1.63 bits per heavy atom. The van der Waals surface area contributed by atoms with Crippen molar-refractivity contribution in [2.24, 2.45) is 0 Å². The summed E-state index contributed by atoms with van der Waals surface area (Å²) in [6, 6.07) is 17.9. The van der Waals surface area contributed by atoms with Crippen molar-refractivity contribution in [3.63, 3.8) is 0 Å². The second-order valence-corrected chi connectivity index (χ2v) is 5.82. The molecule has 0 bridgehead atoms. The fraction of sp³-hybridized carbons (Fsp3) is 0.0952. The van der Waals surface area contributed by atoms with E-state index in [1.54, 1.807) is 25.2 Å². The maximum Gasteiger partial charge on any atom is 0.259 e. The van der Waals surface area contributed by atoms with Gasteiger partial charge < -0.3 is 15.0 Å². The van der Waals surface area contributed by atoms with Gasteiger partial charge in [-0.2, -0.15) is 0 Å². The lowest BCUT2D eigenvalue weighted by molar-refractivity contribution is 0.0992. The fourth-order valence-corrected chi connectivity index (χ4v) is 2.59. The number of nitrogens with one attached hydrogen (secondary N) is 1. The molecule has 2 amide bonds. The Morgan fingerprint density at radius 1 is 0.963 bits per heavy atom. The van der Waals surface area contributed by atoms with E-state index in [0.29, 0.717) is 17.0 Å².